The molecular weight excluding hydrogens is 258 g/mol. The van der Waals surface area contributed by atoms with E-state index in [4.69, 9.17) is 0 Å². The van der Waals surface area contributed by atoms with E-state index < -0.39 is 0 Å². The predicted molar refractivity (Wildman–Crippen MR) is 88.3 cm³/mol. The van der Waals surface area contributed by atoms with Crippen molar-refractivity contribution >= 4 is 10.9 Å². The van der Waals surface area contributed by atoms with Gasteiger partial charge in [-0.25, -0.2) is 0 Å². The molecule has 0 unspecified atom stereocenters. The van der Waals surface area contributed by atoms with Gasteiger partial charge in [0.15, 0.2) is 0 Å². The first-order valence-electron chi connectivity index (χ1n) is 7.91. The maximum atomic E-state index is 4.37. The molecular formula is C18H25N3. The molecule has 1 aliphatic rings. The number of fused-ring (bicyclic) bond motifs is 1. The highest BCUT2D eigenvalue weighted by atomic mass is 15.2. The van der Waals surface area contributed by atoms with E-state index in [0.717, 1.165) is 18.6 Å². The van der Waals surface area contributed by atoms with Gasteiger partial charge in [-0.1, -0.05) is 25.0 Å². The van der Waals surface area contributed by atoms with E-state index in [1.54, 1.807) is 0 Å². The summed E-state index contributed by atoms with van der Waals surface area (Å²) < 4.78 is 0. The molecule has 1 saturated carbocycles. The lowest BCUT2D eigenvalue weighted by molar-refractivity contribution is 0.153. The van der Waals surface area contributed by atoms with Crippen molar-refractivity contribution in [2.45, 2.75) is 37.8 Å². The fourth-order valence-corrected chi connectivity index (χ4v) is 3.49. The monoisotopic (exact) mass is 283 g/mol. The van der Waals surface area contributed by atoms with Crippen LogP contribution in [0.2, 0.25) is 0 Å². The van der Waals surface area contributed by atoms with Gasteiger partial charge in [-0.05, 0) is 50.7 Å². The van der Waals surface area contributed by atoms with Gasteiger partial charge in [0.2, 0.25) is 0 Å². The number of nitrogens with zero attached hydrogens (tertiary/aromatic N) is 2. The summed E-state index contributed by atoms with van der Waals surface area (Å²) in [6.45, 7) is 2.01. The number of likely N-dealkylation sites (N-methyl/N-ethyl adjacent to an activating group) is 1. The molecule has 1 heterocycles. The van der Waals surface area contributed by atoms with Crippen LogP contribution in [0.4, 0.5) is 0 Å². The van der Waals surface area contributed by atoms with Gasteiger partial charge in [-0.2, -0.15) is 0 Å². The largest absolute Gasteiger partial charge is 0.311 e. The highest BCUT2D eigenvalue weighted by Crippen LogP contribution is 2.33. The summed E-state index contributed by atoms with van der Waals surface area (Å²) in [6.07, 6.45) is 7.20. The lowest BCUT2D eigenvalue weighted by atomic mass is 9.96. The average molecular weight is 283 g/mol. The van der Waals surface area contributed by atoms with E-state index in [0.29, 0.717) is 5.54 Å². The van der Waals surface area contributed by atoms with Gasteiger partial charge >= 0.3 is 0 Å². The molecule has 0 saturated heterocycles. The van der Waals surface area contributed by atoms with Crippen LogP contribution < -0.4 is 5.32 Å². The Morgan fingerprint density at radius 2 is 2.00 bits per heavy atom. The molecule has 1 aromatic carbocycles. The van der Waals surface area contributed by atoms with Gasteiger partial charge in [0, 0.05) is 30.2 Å². The second kappa shape index (κ2) is 6.12. The Hall–Kier alpha value is -1.45. The SMILES string of the molecule is CN(C)C1(CNCc2ccc3ncccc3c2)CCCC1. The van der Waals surface area contributed by atoms with E-state index in [1.165, 1.54) is 36.6 Å². The summed E-state index contributed by atoms with van der Waals surface area (Å²) in [7, 11) is 4.43. The number of benzene rings is 1. The number of rotatable bonds is 5. The Balaban J connectivity index is 1.63. The Labute approximate surface area is 127 Å². The number of pyridine rings is 1. The van der Waals surface area contributed by atoms with Crippen molar-refractivity contribution in [3.8, 4) is 0 Å². The zero-order valence-electron chi connectivity index (χ0n) is 13.1. The molecule has 1 fully saturated rings. The van der Waals surface area contributed by atoms with E-state index in [2.05, 4.69) is 53.6 Å². The van der Waals surface area contributed by atoms with Gasteiger partial charge in [0.25, 0.3) is 0 Å². The second-order valence-corrected chi connectivity index (χ2v) is 6.46. The fourth-order valence-electron chi connectivity index (χ4n) is 3.49. The number of aromatic nitrogens is 1. The maximum Gasteiger partial charge on any atom is 0.0702 e. The van der Waals surface area contributed by atoms with E-state index in [9.17, 15) is 0 Å². The van der Waals surface area contributed by atoms with Crippen molar-refractivity contribution in [1.82, 2.24) is 15.2 Å². The van der Waals surface area contributed by atoms with Crippen molar-refractivity contribution in [2.75, 3.05) is 20.6 Å². The van der Waals surface area contributed by atoms with E-state index in [-0.39, 0.29) is 0 Å². The van der Waals surface area contributed by atoms with Crippen LogP contribution in [0, 0.1) is 0 Å². The van der Waals surface area contributed by atoms with E-state index >= 15 is 0 Å². The minimum atomic E-state index is 0.360. The molecule has 0 amide bonds. The first kappa shape index (κ1) is 14.5. The predicted octanol–water partition coefficient (Wildman–Crippen LogP) is 3.20. The summed E-state index contributed by atoms with van der Waals surface area (Å²) in [6, 6.07) is 10.7. The van der Waals surface area contributed by atoms with Gasteiger partial charge in [0.05, 0.1) is 5.52 Å². The highest BCUT2D eigenvalue weighted by Gasteiger charge is 2.35. The smallest absolute Gasteiger partial charge is 0.0702 e. The fraction of sp³-hybridized carbons (Fsp3) is 0.500. The maximum absolute atomic E-state index is 4.37. The molecule has 0 atom stereocenters. The van der Waals surface area contributed by atoms with Crippen LogP contribution in [-0.2, 0) is 6.54 Å². The van der Waals surface area contributed by atoms with E-state index in [1.807, 2.05) is 12.3 Å². The molecule has 0 aliphatic heterocycles. The Kier molecular flexibility index (Phi) is 4.22. The van der Waals surface area contributed by atoms with Crippen molar-refractivity contribution in [3.63, 3.8) is 0 Å². The zero-order chi connectivity index (χ0) is 14.7. The number of nitrogens with one attached hydrogen (secondary N) is 1. The first-order valence-corrected chi connectivity index (χ1v) is 7.91. The molecule has 0 spiro atoms. The lowest BCUT2D eigenvalue weighted by Gasteiger charge is -2.36. The molecule has 21 heavy (non-hydrogen) atoms. The third kappa shape index (κ3) is 3.09. The molecule has 1 aromatic heterocycles. The molecule has 3 rings (SSSR count). The molecule has 112 valence electrons. The molecule has 3 nitrogen and oxygen atoms in total. The molecule has 0 bridgehead atoms. The molecule has 3 heteroatoms. The normalized spacial score (nSPS) is 17.7. The summed E-state index contributed by atoms with van der Waals surface area (Å²) >= 11 is 0. The number of hydrogen-bond acceptors (Lipinski definition) is 3. The van der Waals surface area contributed by atoms with Crippen LogP contribution in [0.1, 0.15) is 31.2 Å². The highest BCUT2D eigenvalue weighted by molar-refractivity contribution is 5.78. The Bertz CT molecular complexity index is 600. The summed E-state index contributed by atoms with van der Waals surface area (Å²) in [5, 5.41) is 4.89. The topological polar surface area (TPSA) is 28.2 Å². The average Bonchev–Trinajstić information content (AvgIpc) is 2.97. The molecule has 2 aromatic rings. The third-order valence-electron chi connectivity index (χ3n) is 4.93. The number of hydrogen-bond donors (Lipinski definition) is 1. The van der Waals surface area contributed by atoms with Gasteiger partial charge in [-0.3, -0.25) is 4.98 Å². The minimum Gasteiger partial charge on any atom is -0.311 e. The van der Waals surface area contributed by atoms with Crippen LogP contribution >= 0.6 is 0 Å². The minimum absolute atomic E-state index is 0.360. The first-order chi connectivity index (χ1) is 10.2. The van der Waals surface area contributed by atoms with Crippen molar-refractivity contribution in [1.29, 1.82) is 0 Å². The molecule has 1 N–H and O–H groups in total. The molecule has 0 radical (unpaired) electrons. The van der Waals surface area contributed by atoms with Gasteiger partial charge in [0.1, 0.15) is 0 Å². The summed E-state index contributed by atoms with van der Waals surface area (Å²) in [4.78, 5) is 6.79. The quantitative estimate of drug-likeness (QED) is 0.913. The van der Waals surface area contributed by atoms with Crippen LogP contribution in [0.5, 0.6) is 0 Å². The van der Waals surface area contributed by atoms with Crippen LogP contribution in [0.25, 0.3) is 10.9 Å². The van der Waals surface area contributed by atoms with Crippen molar-refractivity contribution in [2.24, 2.45) is 0 Å². The molecule has 1 aliphatic carbocycles. The summed E-state index contributed by atoms with van der Waals surface area (Å²) in [5.74, 6) is 0. The van der Waals surface area contributed by atoms with Crippen molar-refractivity contribution in [3.05, 3.63) is 42.1 Å². The third-order valence-corrected chi connectivity index (χ3v) is 4.93. The lowest BCUT2D eigenvalue weighted by Crippen LogP contribution is -2.49. The summed E-state index contributed by atoms with van der Waals surface area (Å²) in [5.41, 5.74) is 2.77. The van der Waals surface area contributed by atoms with Crippen LogP contribution in [0.3, 0.4) is 0 Å². The van der Waals surface area contributed by atoms with Crippen LogP contribution in [-0.4, -0.2) is 36.1 Å². The zero-order valence-corrected chi connectivity index (χ0v) is 13.1. The van der Waals surface area contributed by atoms with Gasteiger partial charge < -0.3 is 10.2 Å². The Morgan fingerprint density at radius 3 is 2.76 bits per heavy atom. The Morgan fingerprint density at radius 1 is 1.19 bits per heavy atom. The van der Waals surface area contributed by atoms with Crippen LogP contribution in [0.15, 0.2) is 36.5 Å². The van der Waals surface area contributed by atoms with Gasteiger partial charge in [-0.15, -0.1) is 0 Å². The van der Waals surface area contributed by atoms with Crippen molar-refractivity contribution < 1.29 is 0 Å². The second-order valence-electron chi connectivity index (χ2n) is 6.46. The standard InChI is InChI=1S/C18H25N3/c1-21(2)18(9-3-4-10-18)14-19-13-15-7-8-17-16(12-15)6-5-11-20-17/h5-8,11-12,19H,3-4,9-10,13-14H2,1-2H3.